The van der Waals surface area contributed by atoms with E-state index in [4.69, 9.17) is 10.00 Å². The molecule has 0 saturated carbocycles. The molecule has 0 aliphatic rings. The van der Waals surface area contributed by atoms with Gasteiger partial charge >= 0.3 is 0 Å². The molecule has 1 N–H and O–H groups in total. The number of benzene rings is 1. The van der Waals surface area contributed by atoms with Gasteiger partial charge < -0.3 is 9.72 Å². The Labute approximate surface area is 81.9 Å². The Bertz CT molecular complexity index is 481. The lowest BCUT2D eigenvalue weighted by Crippen LogP contribution is -2.07. The number of nitrogens with zero attached hydrogens (tertiary/aromatic N) is 1. The third-order valence-corrected chi connectivity index (χ3v) is 2.04. The molecule has 3 nitrogen and oxygen atoms in total. The van der Waals surface area contributed by atoms with Crippen LogP contribution in [0, 0.1) is 11.3 Å². The monoisotopic (exact) mass is 186 g/mol. The fourth-order valence-corrected chi connectivity index (χ4v) is 1.38. The minimum atomic E-state index is -0.421. The molecule has 1 heterocycles. The van der Waals surface area contributed by atoms with Gasteiger partial charge in [0.15, 0.2) is 6.10 Å². The quantitative estimate of drug-likeness (QED) is 0.783. The van der Waals surface area contributed by atoms with Gasteiger partial charge in [-0.1, -0.05) is 6.07 Å². The first-order valence-electron chi connectivity index (χ1n) is 4.43. The van der Waals surface area contributed by atoms with E-state index in [-0.39, 0.29) is 0 Å². The molecule has 1 atom stereocenters. The van der Waals surface area contributed by atoms with Gasteiger partial charge in [0.25, 0.3) is 0 Å². The number of H-pyrrole nitrogens is 1. The number of nitrogens with one attached hydrogen (secondary N) is 1. The summed E-state index contributed by atoms with van der Waals surface area (Å²) in [5.74, 6) is 0.748. The predicted octanol–water partition coefficient (Wildman–Crippen LogP) is 2.46. The Morgan fingerprint density at radius 2 is 2.29 bits per heavy atom. The number of ether oxygens (including phenoxy) is 1. The van der Waals surface area contributed by atoms with Gasteiger partial charge in [-0.25, -0.2) is 0 Å². The lowest BCUT2D eigenvalue weighted by Gasteiger charge is -2.08. The summed E-state index contributed by atoms with van der Waals surface area (Å²) in [5, 5.41) is 9.64. The lowest BCUT2D eigenvalue weighted by atomic mass is 10.2. The topological polar surface area (TPSA) is 48.8 Å². The fourth-order valence-electron chi connectivity index (χ4n) is 1.38. The Hall–Kier alpha value is -1.95. The Morgan fingerprint density at radius 3 is 3.07 bits per heavy atom. The van der Waals surface area contributed by atoms with Gasteiger partial charge in [-0.15, -0.1) is 0 Å². The zero-order chi connectivity index (χ0) is 9.97. The van der Waals surface area contributed by atoms with Crippen molar-refractivity contribution in [2.45, 2.75) is 13.0 Å². The molecule has 1 aromatic heterocycles. The van der Waals surface area contributed by atoms with Crippen LogP contribution in [0.25, 0.3) is 10.9 Å². The summed E-state index contributed by atoms with van der Waals surface area (Å²) in [5.41, 5.74) is 1.02. The Balaban J connectivity index is 2.42. The molecular formula is C11H10N2O. The highest BCUT2D eigenvalue weighted by atomic mass is 16.5. The molecule has 0 radical (unpaired) electrons. The summed E-state index contributed by atoms with van der Waals surface area (Å²) in [7, 11) is 0. The van der Waals surface area contributed by atoms with E-state index >= 15 is 0 Å². The second-order valence-electron chi connectivity index (χ2n) is 3.08. The maximum Gasteiger partial charge on any atom is 0.181 e. The molecule has 0 aliphatic heterocycles. The van der Waals surface area contributed by atoms with E-state index in [2.05, 4.69) is 4.98 Å². The Kier molecular flexibility index (Phi) is 2.11. The molecule has 70 valence electrons. The molecule has 0 aliphatic carbocycles. The average Bonchev–Trinajstić information content (AvgIpc) is 2.66. The number of aromatic amines is 1. The molecule has 1 aromatic carbocycles. The third-order valence-electron chi connectivity index (χ3n) is 2.04. The van der Waals surface area contributed by atoms with Crippen molar-refractivity contribution in [3.05, 3.63) is 30.5 Å². The molecule has 2 rings (SSSR count). The standard InChI is InChI=1S/C11H10N2O/c1-8(7-12)14-11-4-2-3-10-9(11)5-6-13-10/h2-6,8,13H,1H3. The molecule has 0 amide bonds. The smallest absolute Gasteiger partial charge is 0.181 e. The van der Waals surface area contributed by atoms with E-state index in [0.29, 0.717) is 0 Å². The number of hydrogen-bond donors (Lipinski definition) is 1. The highest BCUT2D eigenvalue weighted by Gasteiger charge is 2.05. The van der Waals surface area contributed by atoms with E-state index in [1.807, 2.05) is 36.5 Å². The van der Waals surface area contributed by atoms with Crippen LogP contribution in [0.1, 0.15) is 6.92 Å². The van der Waals surface area contributed by atoms with Crippen molar-refractivity contribution in [3.8, 4) is 11.8 Å². The molecule has 0 fully saturated rings. The molecule has 0 spiro atoms. The second kappa shape index (κ2) is 3.43. The maximum absolute atomic E-state index is 8.64. The van der Waals surface area contributed by atoms with E-state index in [1.165, 1.54) is 0 Å². The van der Waals surface area contributed by atoms with E-state index in [9.17, 15) is 0 Å². The van der Waals surface area contributed by atoms with Gasteiger partial charge in [-0.2, -0.15) is 5.26 Å². The number of nitriles is 1. The van der Waals surface area contributed by atoms with Crippen molar-refractivity contribution in [1.29, 1.82) is 5.26 Å². The maximum atomic E-state index is 8.64. The molecular weight excluding hydrogens is 176 g/mol. The summed E-state index contributed by atoms with van der Waals surface area (Å²) in [6.45, 7) is 1.73. The van der Waals surface area contributed by atoms with Gasteiger partial charge in [-0.3, -0.25) is 0 Å². The number of hydrogen-bond acceptors (Lipinski definition) is 2. The highest BCUT2D eigenvalue weighted by Crippen LogP contribution is 2.25. The summed E-state index contributed by atoms with van der Waals surface area (Å²) >= 11 is 0. The molecule has 3 heteroatoms. The van der Waals surface area contributed by atoms with Crippen LogP contribution >= 0.6 is 0 Å². The van der Waals surface area contributed by atoms with E-state index < -0.39 is 6.10 Å². The van der Waals surface area contributed by atoms with Crippen molar-refractivity contribution in [1.82, 2.24) is 4.98 Å². The summed E-state index contributed by atoms with van der Waals surface area (Å²) in [6, 6.07) is 9.71. The number of aromatic nitrogens is 1. The van der Waals surface area contributed by atoms with Crippen molar-refractivity contribution in [2.24, 2.45) is 0 Å². The molecule has 0 bridgehead atoms. The van der Waals surface area contributed by atoms with Crippen molar-refractivity contribution >= 4 is 10.9 Å². The Morgan fingerprint density at radius 1 is 1.43 bits per heavy atom. The van der Waals surface area contributed by atoms with Gasteiger partial charge in [-0.05, 0) is 25.1 Å². The van der Waals surface area contributed by atoms with E-state index in [1.54, 1.807) is 6.92 Å². The first kappa shape index (κ1) is 8.64. The molecule has 0 saturated heterocycles. The van der Waals surface area contributed by atoms with Crippen LogP contribution in [0.3, 0.4) is 0 Å². The fraction of sp³-hybridized carbons (Fsp3) is 0.182. The number of rotatable bonds is 2. The van der Waals surface area contributed by atoms with Crippen LogP contribution in [0.2, 0.25) is 0 Å². The zero-order valence-electron chi connectivity index (χ0n) is 7.82. The van der Waals surface area contributed by atoms with Crippen LogP contribution in [0.4, 0.5) is 0 Å². The van der Waals surface area contributed by atoms with Crippen LogP contribution < -0.4 is 4.74 Å². The number of fused-ring (bicyclic) bond motifs is 1. The summed E-state index contributed by atoms with van der Waals surface area (Å²) < 4.78 is 5.45. The second-order valence-corrected chi connectivity index (χ2v) is 3.08. The summed E-state index contributed by atoms with van der Waals surface area (Å²) in [6.07, 6.45) is 1.43. The SMILES string of the molecule is CC(C#N)Oc1cccc2[nH]ccc12. The minimum Gasteiger partial charge on any atom is -0.475 e. The molecule has 14 heavy (non-hydrogen) atoms. The largest absolute Gasteiger partial charge is 0.475 e. The third kappa shape index (κ3) is 1.42. The van der Waals surface area contributed by atoms with Gasteiger partial charge in [0.1, 0.15) is 11.8 Å². The van der Waals surface area contributed by atoms with E-state index in [0.717, 1.165) is 16.7 Å². The molecule has 2 aromatic rings. The average molecular weight is 186 g/mol. The highest BCUT2D eigenvalue weighted by molar-refractivity contribution is 5.85. The van der Waals surface area contributed by atoms with Gasteiger partial charge in [0.2, 0.25) is 0 Å². The van der Waals surface area contributed by atoms with Crippen LogP contribution in [0.15, 0.2) is 30.5 Å². The van der Waals surface area contributed by atoms with Crippen molar-refractivity contribution in [2.75, 3.05) is 0 Å². The predicted molar refractivity (Wildman–Crippen MR) is 54.0 cm³/mol. The van der Waals surface area contributed by atoms with Crippen molar-refractivity contribution < 1.29 is 4.74 Å². The lowest BCUT2D eigenvalue weighted by molar-refractivity contribution is 0.280. The van der Waals surface area contributed by atoms with Gasteiger partial charge in [0.05, 0.1) is 0 Å². The van der Waals surface area contributed by atoms with Crippen molar-refractivity contribution in [3.63, 3.8) is 0 Å². The van der Waals surface area contributed by atoms with Gasteiger partial charge in [0, 0.05) is 17.1 Å². The normalized spacial score (nSPS) is 12.3. The summed E-state index contributed by atoms with van der Waals surface area (Å²) in [4.78, 5) is 3.09. The van der Waals surface area contributed by atoms with Crippen LogP contribution in [-0.2, 0) is 0 Å². The zero-order valence-corrected chi connectivity index (χ0v) is 7.82. The first-order chi connectivity index (χ1) is 6.81. The van der Waals surface area contributed by atoms with Crippen LogP contribution in [0.5, 0.6) is 5.75 Å². The molecule has 1 unspecified atom stereocenters. The van der Waals surface area contributed by atoms with Crippen LogP contribution in [-0.4, -0.2) is 11.1 Å². The first-order valence-corrected chi connectivity index (χ1v) is 4.43. The minimum absolute atomic E-state index is 0.421.